The Hall–Kier alpha value is -4.98. The van der Waals surface area contributed by atoms with Crippen LogP contribution in [-0.4, -0.2) is 8.07 Å². The third kappa shape index (κ3) is 3.97. The van der Waals surface area contributed by atoms with Crippen LogP contribution >= 0.6 is 0 Å². The van der Waals surface area contributed by atoms with Crippen molar-refractivity contribution in [2.45, 2.75) is 19.5 Å². The SMILES string of the molecule is C[Si](C)(C1=C2C=CC3=C4C(=CC=C(C=C1)C24)CC=C3)c1ccc(-c2c3ccccc3c(-c3ccccc3)c3ccccc23)cc1. The maximum absolute atomic E-state index is 2.53. The summed E-state index contributed by atoms with van der Waals surface area (Å²) in [4.78, 5) is 0. The Morgan fingerprint density at radius 1 is 0.556 bits per heavy atom. The number of rotatable bonds is 4. The average Bonchev–Trinajstić information content (AvgIpc) is 3.10. The minimum atomic E-state index is -2.00. The highest BCUT2D eigenvalue weighted by Crippen LogP contribution is 2.49. The van der Waals surface area contributed by atoms with Crippen molar-refractivity contribution >= 4 is 34.8 Å². The summed E-state index contributed by atoms with van der Waals surface area (Å²) >= 11 is 0. The van der Waals surface area contributed by atoms with Gasteiger partial charge in [-0.05, 0) is 78.1 Å². The van der Waals surface area contributed by atoms with Crippen molar-refractivity contribution in [3.8, 4) is 22.3 Å². The number of hydrogen-bond donors (Lipinski definition) is 0. The van der Waals surface area contributed by atoms with Crippen LogP contribution in [0.25, 0.3) is 43.8 Å². The third-order valence-electron chi connectivity index (χ3n) is 10.5. The fraction of sp³-hybridized carbons (Fsp3) is 0.0909. The highest BCUT2D eigenvalue weighted by atomic mass is 28.3. The van der Waals surface area contributed by atoms with Crippen molar-refractivity contribution in [1.82, 2.24) is 0 Å². The second-order valence-corrected chi connectivity index (χ2v) is 17.6. The van der Waals surface area contributed by atoms with Gasteiger partial charge >= 0.3 is 0 Å². The van der Waals surface area contributed by atoms with Crippen LogP contribution in [0, 0.1) is 5.92 Å². The van der Waals surface area contributed by atoms with Crippen molar-refractivity contribution in [3.05, 3.63) is 185 Å². The molecule has 1 heteroatoms. The van der Waals surface area contributed by atoms with Gasteiger partial charge in [0, 0.05) is 5.92 Å². The number of hydrogen-bond acceptors (Lipinski definition) is 0. The summed E-state index contributed by atoms with van der Waals surface area (Å²) in [5.74, 6) is 0.377. The summed E-state index contributed by atoms with van der Waals surface area (Å²) in [7, 11) is -2.00. The number of allylic oxidation sites excluding steroid dienone is 14. The molecule has 0 saturated heterocycles. The molecule has 0 spiro atoms. The van der Waals surface area contributed by atoms with Gasteiger partial charge in [-0.1, -0.05) is 175 Å². The lowest BCUT2D eigenvalue weighted by molar-refractivity contribution is 0.827. The van der Waals surface area contributed by atoms with Gasteiger partial charge in [0.1, 0.15) is 8.07 Å². The first-order valence-electron chi connectivity index (χ1n) is 16.1. The molecule has 9 rings (SSSR count). The molecular formula is C44H34Si. The summed E-state index contributed by atoms with van der Waals surface area (Å²) in [5, 5.41) is 8.24. The van der Waals surface area contributed by atoms with Crippen molar-refractivity contribution in [2.24, 2.45) is 5.92 Å². The van der Waals surface area contributed by atoms with Crippen molar-refractivity contribution < 1.29 is 0 Å². The molecule has 0 N–H and O–H groups in total. The first kappa shape index (κ1) is 26.4. The van der Waals surface area contributed by atoms with E-state index in [4.69, 9.17) is 0 Å². The normalized spacial score (nSPS) is 18.4. The van der Waals surface area contributed by atoms with E-state index in [9.17, 15) is 0 Å². The summed E-state index contributed by atoms with van der Waals surface area (Å²) in [6, 6.07) is 38.3. The Balaban J connectivity index is 1.17. The monoisotopic (exact) mass is 590 g/mol. The molecule has 5 aromatic carbocycles. The Morgan fingerprint density at radius 2 is 1.16 bits per heavy atom. The molecule has 0 fully saturated rings. The van der Waals surface area contributed by atoms with Gasteiger partial charge in [-0.15, -0.1) is 0 Å². The van der Waals surface area contributed by atoms with Gasteiger partial charge in [0.25, 0.3) is 0 Å². The lowest BCUT2D eigenvalue weighted by Crippen LogP contribution is -2.45. The van der Waals surface area contributed by atoms with Gasteiger partial charge in [0.2, 0.25) is 0 Å². The average molecular weight is 591 g/mol. The molecule has 0 aromatic heterocycles. The maximum atomic E-state index is 2.53. The molecule has 45 heavy (non-hydrogen) atoms. The van der Waals surface area contributed by atoms with Gasteiger partial charge in [-0.25, -0.2) is 0 Å². The molecule has 0 saturated carbocycles. The van der Waals surface area contributed by atoms with Gasteiger partial charge in [-0.3, -0.25) is 0 Å². The molecule has 5 aromatic rings. The van der Waals surface area contributed by atoms with Crippen LogP contribution in [0.2, 0.25) is 13.1 Å². The fourth-order valence-electron chi connectivity index (χ4n) is 8.23. The molecule has 214 valence electrons. The topological polar surface area (TPSA) is 0 Å². The third-order valence-corrected chi connectivity index (χ3v) is 14.0. The molecule has 0 amide bonds. The van der Waals surface area contributed by atoms with Crippen LogP contribution in [0.3, 0.4) is 0 Å². The van der Waals surface area contributed by atoms with Crippen LogP contribution in [0.1, 0.15) is 6.42 Å². The predicted octanol–water partition coefficient (Wildman–Crippen LogP) is 11.0. The predicted molar refractivity (Wildman–Crippen MR) is 195 cm³/mol. The quantitative estimate of drug-likeness (QED) is 0.144. The highest BCUT2D eigenvalue weighted by Gasteiger charge is 2.38. The van der Waals surface area contributed by atoms with Crippen LogP contribution in [0.15, 0.2) is 185 Å². The largest absolute Gasteiger partial charge is 0.112 e. The highest BCUT2D eigenvalue weighted by molar-refractivity contribution is 6.96. The zero-order valence-corrected chi connectivity index (χ0v) is 26.7. The summed E-state index contributed by atoms with van der Waals surface area (Å²) < 4.78 is 0. The van der Waals surface area contributed by atoms with Crippen LogP contribution in [0.4, 0.5) is 0 Å². The zero-order valence-electron chi connectivity index (χ0n) is 25.7. The van der Waals surface area contributed by atoms with E-state index in [1.54, 1.807) is 5.20 Å². The molecule has 0 heterocycles. The van der Waals surface area contributed by atoms with Crippen LogP contribution < -0.4 is 5.19 Å². The molecule has 1 atom stereocenters. The second kappa shape index (κ2) is 10.0. The Kier molecular flexibility index (Phi) is 5.88. The van der Waals surface area contributed by atoms with Gasteiger partial charge in [0.05, 0.1) is 0 Å². The Labute approximate surface area is 266 Å². The zero-order chi connectivity index (χ0) is 30.1. The summed E-state index contributed by atoms with van der Waals surface area (Å²) in [6.45, 7) is 5.06. The molecule has 4 aliphatic carbocycles. The molecular weight excluding hydrogens is 557 g/mol. The van der Waals surface area contributed by atoms with Crippen LogP contribution in [0.5, 0.6) is 0 Å². The van der Waals surface area contributed by atoms with E-state index in [1.165, 1.54) is 76.9 Å². The molecule has 4 aliphatic rings. The van der Waals surface area contributed by atoms with E-state index in [1.807, 2.05) is 0 Å². The maximum Gasteiger partial charge on any atom is 0.112 e. The van der Waals surface area contributed by atoms with E-state index in [0.29, 0.717) is 5.92 Å². The lowest BCUT2D eigenvalue weighted by Gasteiger charge is -2.39. The lowest BCUT2D eigenvalue weighted by atomic mass is 9.69. The Morgan fingerprint density at radius 3 is 1.80 bits per heavy atom. The molecule has 1 unspecified atom stereocenters. The molecule has 0 radical (unpaired) electrons. The molecule has 0 bridgehead atoms. The summed E-state index contributed by atoms with van der Waals surface area (Å²) in [5.41, 5.74) is 12.5. The van der Waals surface area contributed by atoms with Crippen molar-refractivity contribution in [3.63, 3.8) is 0 Å². The Bertz CT molecular complexity index is 2220. The fourth-order valence-corrected chi connectivity index (χ4v) is 11.0. The van der Waals surface area contributed by atoms with Crippen molar-refractivity contribution in [1.29, 1.82) is 0 Å². The standard InChI is InChI=1S/C44H34Si/c1-45(2,40-28-24-33-20-19-30-13-10-14-31-23-27-39(40)44(33)41(30)31)34-25-21-32(22-26-34)43-37-17-8-6-15-35(37)42(29-11-4-3-5-12-29)36-16-7-9-18-38(36)43/h3-12,14-28,44H,13H2,1-2H3. The van der Waals surface area contributed by atoms with E-state index in [2.05, 4.69) is 165 Å². The smallest absolute Gasteiger partial charge is 0.0795 e. The van der Waals surface area contributed by atoms with E-state index < -0.39 is 8.07 Å². The minimum Gasteiger partial charge on any atom is -0.0795 e. The van der Waals surface area contributed by atoms with E-state index in [-0.39, 0.29) is 0 Å². The van der Waals surface area contributed by atoms with Gasteiger partial charge < -0.3 is 0 Å². The molecule has 0 aliphatic heterocycles. The number of fused-ring (bicyclic) bond motifs is 2. The second-order valence-electron chi connectivity index (χ2n) is 13.2. The minimum absolute atomic E-state index is 0.377. The van der Waals surface area contributed by atoms with Crippen molar-refractivity contribution in [2.75, 3.05) is 0 Å². The summed E-state index contributed by atoms with van der Waals surface area (Å²) in [6.07, 6.45) is 20.0. The van der Waals surface area contributed by atoms with Gasteiger partial charge in [0.15, 0.2) is 0 Å². The number of benzene rings is 5. The first-order chi connectivity index (χ1) is 22.1. The first-order valence-corrected chi connectivity index (χ1v) is 19.1. The van der Waals surface area contributed by atoms with Gasteiger partial charge in [-0.2, -0.15) is 0 Å². The van der Waals surface area contributed by atoms with E-state index in [0.717, 1.165) is 6.42 Å². The van der Waals surface area contributed by atoms with E-state index >= 15 is 0 Å². The molecule has 0 nitrogen and oxygen atoms in total. The van der Waals surface area contributed by atoms with Crippen LogP contribution in [-0.2, 0) is 0 Å².